The zero-order chi connectivity index (χ0) is 11.4. The summed E-state index contributed by atoms with van der Waals surface area (Å²) in [4.78, 5) is 14.2. The molecule has 0 radical (unpaired) electrons. The van der Waals surface area contributed by atoms with Crippen LogP contribution < -0.4 is 0 Å². The Morgan fingerprint density at radius 3 is 3.12 bits per heavy atom. The summed E-state index contributed by atoms with van der Waals surface area (Å²) in [5, 5.41) is 17.6. The number of thiazole rings is 1. The van der Waals surface area contributed by atoms with E-state index in [1.807, 2.05) is 0 Å². The number of aliphatic carboxylic acids is 1. The van der Waals surface area contributed by atoms with Crippen LogP contribution in [0.2, 0.25) is 0 Å². The molecule has 0 aromatic carbocycles. The van der Waals surface area contributed by atoms with Crippen LogP contribution in [-0.2, 0) is 16.1 Å². The number of hydrogen-bond acceptors (Lipinski definition) is 7. The lowest BCUT2D eigenvalue weighted by Crippen LogP contribution is -2.06. The maximum atomic E-state index is 10.2. The number of ether oxygens (including phenoxy) is 1. The highest BCUT2D eigenvalue weighted by Crippen LogP contribution is 2.17. The third-order valence-corrected chi connectivity index (χ3v) is 2.16. The molecule has 0 fully saturated rings. The second-order valence-electron chi connectivity index (χ2n) is 2.76. The minimum Gasteiger partial charge on any atom is -0.480 e. The number of hydrogen-bond donors (Lipinski definition) is 1. The lowest BCUT2D eigenvalue weighted by Gasteiger charge is -1.94. The first-order valence-electron chi connectivity index (χ1n) is 4.26. The second kappa shape index (κ2) is 4.81. The molecule has 0 spiro atoms. The van der Waals surface area contributed by atoms with Crippen molar-refractivity contribution in [2.45, 2.75) is 6.61 Å². The van der Waals surface area contributed by atoms with Crippen molar-refractivity contribution in [1.29, 1.82) is 0 Å². The largest absolute Gasteiger partial charge is 0.480 e. The zero-order valence-electron chi connectivity index (χ0n) is 7.99. The van der Waals surface area contributed by atoms with Crippen LogP contribution in [0.5, 0.6) is 0 Å². The quantitative estimate of drug-likeness (QED) is 0.826. The standard InChI is InChI=1S/C8H7N3O4S/c12-7(13)2-14-1-6-10-11-8(15-6)5-3-16-4-9-5/h3-4H,1-2H2,(H,12,13). The van der Waals surface area contributed by atoms with Gasteiger partial charge in [0.15, 0.2) is 0 Å². The highest BCUT2D eigenvalue weighted by molar-refractivity contribution is 7.07. The molecule has 0 saturated carbocycles. The average Bonchev–Trinajstić information content (AvgIpc) is 2.85. The molecule has 2 heterocycles. The van der Waals surface area contributed by atoms with Gasteiger partial charge in [0.05, 0.1) is 5.51 Å². The summed E-state index contributed by atoms with van der Waals surface area (Å²) < 4.78 is 10.0. The van der Waals surface area contributed by atoms with E-state index < -0.39 is 12.6 Å². The maximum Gasteiger partial charge on any atom is 0.329 e. The fraction of sp³-hybridized carbons (Fsp3) is 0.250. The first kappa shape index (κ1) is 10.7. The summed E-state index contributed by atoms with van der Waals surface area (Å²) in [5.74, 6) is -0.515. The summed E-state index contributed by atoms with van der Waals surface area (Å²) >= 11 is 1.42. The van der Waals surface area contributed by atoms with Gasteiger partial charge in [0.25, 0.3) is 5.89 Å². The molecule has 7 nitrogen and oxygen atoms in total. The lowest BCUT2D eigenvalue weighted by molar-refractivity contribution is -0.142. The Bertz CT molecular complexity index is 467. The summed E-state index contributed by atoms with van der Waals surface area (Å²) in [7, 11) is 0. The van der Waals surface area contributed by atoms with Gasteiger partial charge in [-0.1, -0.05) is 0 Å². The molecule has 0 aliphatic carbocycles. The minimum absolute atomic E-state index is 0.0244. The molecule has 0 unspecified atom stereocenters. The van der Waals surface area contributed by atoms with Gasteiger partial charge in [-0.05, 0) is 0 Å². The summed E-state index contributed by atoms with van der Waals surface area (Å²) in [6.45, 7) is -0.419. The van der Waals surface area contributed by atoms with Gasteiger partial charge in [-0.2, -0.15) is 0 Å². The van der Waals surface area contributed by atoms with Crippen LogP contribution in [0, 0.1) is 0 Å². The van der Waals surface area contributed by atoms with Gasteiger partial charge in [-0.15, -0.1) is 21.5 Å². The highest BCUT2D eigenvalue weighted by Gasteiger charge is 2.10. The monoisotopic (exact) mass is 241 g/mol. The molecular formula is C8H7N3O4S. The molecule has 0 bridgehead atoms. The van der Waals surface area contributed by atoms with Crippen molar-refractivity contribution >= 4 is 17.3 Å². The van der Waals surface area contributed by atoms with Gasteiger partial charge in [0.2, 0.25) is 5.89 Å². The molecule has 2 rings (SSSR count). The van der Waals surface area contributed by atoms with Crippen LogP contribution in [0.1, 0.15) is 5.89 Å². The van der Waals surface area contributed by atoms with E-state index in [1.165, 1.54) is 11.3 Å². The van der Waals surface area contributed by atoms with Crippen LogP contribution in [0.3, 0.4) is 0 Å². The summed E-state index contributed by atoms with van der Waals surface area (Å²) in [5.41, 5.74) is 2.25. The molecule has 1 N–H and O–H groups in total. The van der Waals surface area contributed by atoms with Crippen LogP contribution in [0.15, 0.2) is 15.3 Å². The second-order valence-corrected chi connectivity index (χ2v) is 3.48. The highest BCUT2D eigenvalue weighted by atomic mass is 32.1. The van der Waals surface area contributed by atoms with Crippen molar-refractivity contribution in [3.8, 4) is 11.6 Å². The van der Waals surface area contributed by atoms with E-state index in [0.717, 1.165) is 0 Å². The predicted molar refractivity (Wildman–Crippen MR) is 52.7 cm³/mol. The Kier molecular flexibility index (Phi) is 3.22. The molecule has 0 amide bonds. The topological polar surface area (TPSA) is 98.3 Å². The minimum atomic E-state index is -1.04. The maximum absolute atomic E-state index is 10.2. The molecule has 2 aromatic rings. The number of rotatable bonds is 5. The lowest BCUT2D eigenvalue weighted by atomic mass is 10.5. The molecule has 0 atom stereocenters. The smallest absolute Gasteiger partial charge is 0.329 e. The van der Waals surface area contributed by atoms with Gasteiger partial charge in [-0.25, -0.2) is 9.78 Å². The van der Waals surface area contributed by atoms with E-state index in [9.17, 15) is 4.79 Å². The number of carboxylic acid groups (broad SMARTS) is 1. The number of carbonyl (C=O) groups is 1. The van der Waals surface area contributed by atoms with Crippen LogP contribution >= 0.6 is 11.3 Å². The molecule has 0 saturated heterocycles. The number of aromatic nitrogens is 3. The van der Waals surface area contributed by atoms with E-state index in [1.54, 1.807) is 10.9 Å². The van der Waals surface area contributed by atoms with Gasteiger partial charge in [0.1, 0.15) is 18.9 Å². The van der Waals surface area contributed by atoms with E-state index in [4.69, 9.17) is 14.3 Å². The fourth-order valence-corrected chi connectivity index (χ4v) is 1.49. The first-order chi connectivity index (χ1) is 7.75. The van der Waals surface area contributed by atoms with E-state index >= 15 is 0 Å². The molecular weight excluding hydrogens is 234 g/mol. The predicted octanol–water partition coefficient (Wildman–Crippen LogP) is 0.794. The molecule has 2 aromatic heterocycles. The Morgan fingerprint density at radius 1 is 1.56 bits per heavy atom. The average molecular weight is 241 g/mol. The Hall–Kier alpha value is -1.80. The summed E-state index contributed by atoms with van der Waals surface area (Å²) in [6, 6.07) is 0. The van der Waals surface area contributed by atoms with Gasteiger partial charge in [0, 0.05) is 5.38 Å². The van der Waals surface area contributed by atoms with Gasteiger partial charge in [-0.3, -0.25) is 0 Å². The Labute approximate surface area is 93.7 Å². The van der Waals surface area contributed by atoms with Crippen molar-refractivity contribution < 1.29 is 19.1 Å². The van der Waals surface area contributed by atoms with Crippen LogP contribution in [-0.4, -0.2) is 32.9 Å². The van der Waals surface area contributed by atoms with Gasteiger partial charge >= 0.3 is 5.97 Å². The van der Waals surface area contributed by atoms with Crippen molar-refractivity contribution in [3.05, 3.63) is 16.8 Å². The SMILES string of the molecule is O=C(O)COCc1nnc(-c2cscn2)o1. The van der Waals surface area contributed by atoms with Crippen LogP contribution in [0.25, 0.3) is 11.6 Å². The molecule has 8 heteroatoms. The van der Waals surface area contributed by atoms with Gasteiger partial charge < -0.3 is 14.3 Å². The normalized spacial score (nSPS) is 10.5. The Balaban J connectivity index is 1.95. The number of carboxylic acids is 1. The fourth-order valence-electron chi connectivity index (χ4n) is 0.959. The molecule has 16 heavy (non-hydrogen) atoms. The first-order valence-corrected chi connectivity index (χ1v) is 5.20. The van der Waals surface area contributed by atoms with Crippen molar-refractivity contribution in [2.24, 2.45) is 0 Å². The van der Waals surface area contributed by atoms with E-state index in [-0.39, 0.29) is 12.5 Å². The zero-order valence-corrected chi connectivity index (χ0v) is 8.81. The third-order valence-electron chi connectivity index (χ3n) is 1.57. The van der Waals surface area contributed by atoms with Crippen molar-refractivity contribution in [2.75, 3.05) is 6.61 Å². The van der Waals surface area contributed by atoms with E-state index in [2.05, 4.69) is 15.2 Å². The Morgan fingerprint density at radius 2 is 2.44 bits per heavy atom. The molecule has 0 aliphatic rings. The number of nitrogens with zero attached hydrogens (tertiary/aromatic N) is 3. The van der Waals surface area contributed by atoms with Crippen molar-refractivity contribution in [3.63, 3.8) is 0 Å². The van der Waals surface area contributed by atoms with Crippen LogP contribution in [0.4, 0.5) is 0 Å². The van der Waals surface area contributed by atoms with Crippen molar-refractivity contribution in [1.82, 2.24) is 15.2 Å². The molecule has 0 aliphatic heterocycles. The molecule has 84 valence electrons. The third kappa shape index (κ3) is 2.61. The van der Waals surface area contributed by atoms with E-state index in [0.29, 0.717) is 11.6 Å². The summed E-state index contributed by atoms with van der Waals surface area (Å²) in [6.07, 6.45) is 0.